The molecule has 49 heavy (non-hydrogen) atoms. The van der Waals surface area contributed by atoms with E-state index in [0.717, 1.165) is 0 Å². The normalized spacial score (nSPS) is 12.0. The van der Waals surface area contributed by atoms with Gasteiger partial charge >= 0.3 is 0 Å². The van der Waals surface area contributed by atoms with Gasteiger partial charge in [0.25, 0.3) is 0 Å². The SMILES string of the molecule is CC(C)(C)c1ccc(-c2ccc(-c3c4ccccc4c(-c4ccc(-n5c6ccccc6c6ccccc65)cc4)c4ccccc34)cc2)cc1. The average Bonchev–Trinajstić information content (AvgIpc) is 3.48. The molecule has 0 radical (unpaired) electrons. The van der Waals surface area contributed by atoms with Crippen molar-refractivity contribution in [3.05, 3.63) is 175 Å². The molecule has 0 spiro atoms. The predicted octanol–water partition coefficient (Wildman–Crippen LogP) is 13.4. The van der Waals surface area contributed by atoms with E-state index in [2.05, 4.69) is 195 Å². The maximum absolute atomic E-state index is 2.39. The molecule has 0 amide bonds. The Bertz CT molecular complexity index is 2540. The van der Waals surface area contributed by atoms with E-state index in [0.29, 0.717) is 0 Å². The summed E-state index contributed by atoms with van der Waals surface area (Å²) in [6, 6.07) is 62.5. The number of rotatable bonds is 4. The molecule has 0 aliphatic rings. The summed E-state index contributed by atoms with van der Waals surface area (Å²) in [5.74, 6) is 0. The van der Waals surface area contributed by atoms with Crippen LogP contribution in [0.1, 0.15) is 26.3 Å². The number of fused-ring (bicyclic) bond motifs is 5. The van der Waals surface area contributed by atoms with E-state index in [1.54, 1.807) is 0 Å². The van der Waals surface area contributed by atoms with Gasteiger partial charge in [-0.05, 0) is 90.2 Å². The Labute approximate surface area is 287 Å². The Balaban J connectivity index is 1.17. The van der Waals surface area contributed by atoms with Gasteiger partial charge in [-0.1, -0.05) is 166 Å². The van der Waals surface area contributed by atoms with Crippen molar-refractivity contribution in [1.29, 1.82) is 0 Å². The number of benzene rings is 8. The van der Waals surface area contributed by atoms with Crippen LogP contribution in [0.15, 0.2) is 170 Å². The molecule has 0 fully saturated rings. The standard InChI is InChI=1S/C48H37N/c1-48(2,3)36-28-24-33(25-29-36)32-20-22-34(23-21-32)46-40-14-4-6-16-42(40)47(43-17-7-5-15-41(43)46)35-26-30-37(31-27-35)49-44-18-10-8-12-38(44)39-13-9-11-19-45(39)49/h4-31H,1-3H3. The first-order valence-electron chi connectivity index (χ1n) is 17.2. The lowest BCUT2D eigenvalue weighted by atomic mass is 9.85. The summed E-state index contributed by atoms with van der Waals surface area (Å²) >= 11 is 0. The lowest BCUT2D eigenvalue weighted by Crippen LogP contribution is -2.10. The highest BCUT2D eigenvalue weighted by molar-refractivity contribution is 6.21. The van der Waals surface area contributed by atoms with Crippen LogP contribution in [0.2, 0.25) is 0 Å². The molecule has 0 unspecified atom stereocenters. The molecule has 0 saturated carbocycles. The summed E-state index contributed by atoms with van der Waals surface area (Å²) in [6.07, 6.45) is 0. The largest absolute Gasteiger partial charge is 0.309 e. The highest BCUT2D eigenvalue weighted by Gasteiger charge is 2.18. The zero-order valence-corrected chi connectivity index (χ0v) is 28.1. The predicted molar refractivity (Wildman–Crippen MR) is 211 cm³/mol. The van der Waals surface area contributed by atoms with E-state index >= 15 is 0 Å². The fraction of sp³-hybridized carbons (Fsp3) is 0.0833. The zero-order chi connectivity index (χ0) is 33.1. The van der Waals surface area contributed by atoms with E-state index in [1.807, 2.05) is 0 Å². The summed E-state index contributed by atoms with van der Waals surface area (Å²) < 4.78 is 2.39. The van der Waals surface area contributed by atoms with Gasteiger partial charge in [0.1, 0.15) is 0 Å². The van der Waals surface area contributed by atoms with Gasteiger partial charge in [-0.25, -0.2) is 0 Å². The van der Waals surface area contributed by atoms with Crippen molar-refractivity contribution >= 4 is 43.4 Å². The number of hydrogen-bond acceptors (Lipinski definition) is 0. The van der Waals surface area contributed by atoms with Crippen molar-refractivity contribution in [3.63, 3.8) is 0 Å². The van der Waals surface area contributed by atoms with Gasteiger partial charge in [0.2, 0.25) is 0 Å². The molecule has 0 bridgehead atoms. The molecule has 0 aliphatic carbocycles. The summed E-state index contributed by atoms with van der Waals surface area (Å²) in [6.45, 7) is 6.79. The second-order valence-electron chi connectivity index (χ2n) is 14.2. The molecule has 9 rings (SSSR count). The molecule has 1 heterocycles. The Morgan fingerprint density at radius 3 is 1.06 bits per heavy atom. The number of hydrogen-bond donors (Lipinski definition) is 0. The average molecular weight is 628 g/mol. The zero-order valence-electron chi connectivity index (χ0n) is 28.1. The first-order valence-corrected chi connectivity index (χ1v) is 17.2. The van der Waals surface area contributed by atoms with Crippen molar-refractivity contribution in [2.45, 2.75) is 26.2 Å². The molecule has 0 aliphatic heterocycles. The number of nitrogens with zero attached hydrogens (tertiary/aromatic N) is 1. The van der Waals surface area contributed by atoms with Gasteiger partial charge in [0, 0.05) is 16.5 Å². The smallest absolute Gasteiger partial charge is 0.0541 e. The molecular formula is C48H37N. The minimum atomic E-state index is 0.144. The number of aromatic nitrogens is 1. The van der Waals surface area contributed by atoms with E-state index < -0.39 is 0 Å². The van der Waals surface area contributed by atoms with Gasteiger partial charge < -0.3 is 4.57 Å². The first kappa shape index (κ1) is 29.2. The third kappa shape index (κ3) is 4.85. The van der Waals surface area contributed by atoms with Crippen LogP contribution >= 0.6 is 0 Å². The van der Waals surface area contributed by atoms with Crippen molar-refractivity contribution in [2.75, 3.05) is 0 Å². The van der Waals surface area contributed by atoms with Gasteiger partial charge in [0.15, 0.2) is 0 Å². The van der Waals surface area contributed by atoms with E-state index in [4.69, 9.17) is 0 Å². The summed E-state index contributed by atoms with van der Waals surface area (Å²) in [7, 11) is 0. The molecule has 1 heteroatoms. The topological polar surface area (TPSA) is 4.93 Å². The molecule has 0 atom stereocenters. The van der Waals surface area contributed by atoms with Crippen LogP contribution in [-0.2, 0) is 5.41 Å². The van der Waals surface area contributed by atoms with Crippen molar-refractivity contribution in [3.8, 4) is 39.1 Å². The van der Waals surface area contributed by atoms with Crippen molar-refractivity contribution < 1.29 is 0 Å². The minimum Gasteiger partial charge on any atom is -0.309 e. The van der Waals surface area contributed by atoms with Crippen LogP contribution in [0.5, 0.6) is 0 Å². The van der Waals surface area contributed by atoms with Crippen LogP contribution < -0.4 is 0 Å². The third-order valence-corrected chi connectivity index (χ3v) is 10.2. The van der Waals surface area contributed by atoms with Gasteiger partial charge in [0.05, 0.1) is 11.0 Å². The highest BCUT2D eigenvalue weighted by Crippen LogP contribution is 2.44. The molecule has 9 aromatic rings. The maximum Gasteiger partial charge on any atom is 0.0541 e. The lowest BCUT2D eigenvalue weighted by Gasteiger charge is -2.19. The van der Waals surface area contributed by atoms with Crippen LogP contribution in [0.25, 0.3) is 82.4 Å². The lowest BCUT2D eigenvalue weighted by molar-refractivity contribution is 0.590. The maximum atomic E-state index is 2.39. The second-order valence-corrected chi connectivity index (χ2v) is 14.2. The Morgan fingerprint density at radius 2 is 0.653 bits per heavy atom. The molecule has 1 nitrogen and oxygen atoms in total. The van der Waals surface area contributed by atoms with Crippen LogP contribution in [0.4, 0.5) is 0 Å². The van der Waals surface area contributed by atoms with Crippen molar-refractivity contribution in [2.24, 2.45) is 0 Å². The van der Waals surface area contributed by atoms with Gasteiger partial charge in [-0.15, -0.1) is 0 Å². The minimum absolute atomic E-state index is 0.144. The fourth-order valence-electron chi connectivity index (χ4n) is 7.72. The van der Waals surface area contributed by atoms with E-state index in [9.17, 15) is 0 Å². The van der Waals surface area contributed by atoms with E-state index in [1.165, 1.54) is 88.0 Å². The van der Waals surface area contributed by atoms with Gasteiger partial charge in [-0.3, -0.25) is 0 Å². The number of para-hydroxylation sites is 2. The Hall–Kier alpha value is -5.92. The monoisotopic (exact) mass is 627 g/mol. The Morgan fingerprint density at radius 1 is 0.327 bits per heavy atom. The molecular weight excluding hydrogens is 591 g/mol. The summed E-state index contributed by atoms with van der Waals surface area (Å²) in [5.41, 5.74) is 12.6. The third-order valence-electron chi connectivity index (χ3n) is 10.2. The van der Waals surface area contributed by atoms with Crippen molar-refractivity contribution in [1.82, 2.24) is 4.57 Å². The van der Waals surface area contributed by atoms with Crippen LogP contribution in [0.3, 0.4) is 0 Å². The molecule has 234 valence electrons. The first-order chi connectivity index (χ1) is 24.0. The Kier molecular flexibility index (Phi) is 6.78. The molecule has 1 aromatic heterocycles. The second kappa shape index (κ2) is 11.4. The highest BCUT2D eigenvalue weighted by atomic mass is 15.0. The van der Waals surface area contributed by atoms with Gasteiger partial charge in [-0.2, -0.15) is 0 Å². The summed E-state index contributed by atoms with van der Waals surface area (Å²) in [4.78, 5) is 0. The molecule has 0 saturated heterocycles. The quantitative estimate of drug-likeness (QED) is 0.171. The van der Waals surface area contributed by atoms with Crippen LogP contribution in [-0.4, -0.2) is 4.57 Å². The molecule has 8 aromatic carbocycles. The molecule has 0 N–H and O–H groups in total. The summed E-state index contributed by atoms with van der Waals surface area (Å²) in [5, 5.41) is 7.63. The van der Waals surface area contributed by atoms with E-state index in [-0.39, 0.29) is 5.41 Å². The fourth-order valence-corrected chi connectivity index (χ4v) is 7.72. The van der Waals surface area contributed by atoms with Crippen LogP contribution in [0, 0.1) is 0 Å².